The number of nitrogens with one attached hydrogen (secondary N) is 1. The number of piperidine rings is 1. The lowest BCUT2D eigenvalue weighted by molar-refractivity contribution is -0.384. The normalized spacial score (nSPS) is 19.6. The minimum Gasteiger partial charge on any atom is -0.365 e. The molecule has 0 saturated carbocycles. The second-order valence-corrected chi connectivity index (χ2v) is 10.6. The fraction of sp³-hybridized carbons (Fsp3) is 0.619. The Hall–Kier alpha value is -2.53. The van der Waals surface area contributed by atoms with Crippen LogP contribution < -0.4 is 9.62 Å². The van der Waals surface area contributed by atoms with Gasteiger partial charge >= 0.3 is 0 Å². The molecular formula is C21H30N6O4S. The first kappa shape index (κ1) is 22.7. The van der Waals surface area contributed by atoms with Crippen molar-refractivity contribution in [1.82, 2.24) is 19.5 Å². The number of rotatable bonds is 6. The van der Waals surface area contributed by atoms with Crippen molar-refractivity contribution in [2.75, 3.05) is 18.0 Å². The average Bonchev–Trinajstić information content (AvgIpc) is 3.00. The third-order valence-corrected chi connectivity index (χ3v) is 7.77. The van der Waals surface area contributed by atoms with E-state index >= 15 is 0 Å². The maximum Gasteiger partial charge on any atom is 0.293 e. The molecule has 0 aliphatic carbocycles. The second kappa shape index (κ2) is 9.14. The zero-order chi connectivity index (χ0) is 22.9. The number of benzene rings is 1. The zero-order valence-corrected chi connectivity index (χ0v) is 19.3. The van der Waals surface area contributed by atoms with Crippen molar-refractivity contribution in [3.8, 4) is 0 Å². The molecule has 10 nitrogen and oxygen atoms in total. The van der Waals surface area contributed by atoms with Gasteiger partial charge in [-0.1, -0.05) is 6.42 Å². The van der Waals surface area contributed by atoms with E-state index < -0.39 is 14.9 Å². The van der Waals surface area contributed by atoms with Crippen molar-refractivity contribution >= 4 is 21.4 Å². The molecule has 0 radical (unpaired) electrons. The van der Waals surface area contributed by atoms with E-state index in [2.05, 4.69) is 19.5 Å². The van der Waals surface area contributed by atoms with Crippen LogP contribution in [0.25, 0.3) is 0 Å². The van der Waals surface area contributed by atoms with E-state index in [1.54, 1.807) is 19.9 Å². The number of nitro benzene ring substituents is 1. The van der Waals surface area contributed by atoms with Crippen molar-refractivity contribution in [3.63, 3.8) is 0 Å². The maximum absolute atomic E-state index is 12.5. The Bertz CT molecular complexity index is 1100. The smallest absolute Gasteiger partial charge is 0.293 e. The summed E-state index contributed by atoms with van der Waals surface area (Å²) in [6.07, 6.45) is 6.19. The lowest BCUT2D eigenvalue weighted by Gasteiger charge is -2.33. The van der Waals surface area contributed by atoms with Crippen LogP contribution in [-0.2, 0) is 23.0 Å². The van der Waals surface area contributed by atoms with Crippen LogP contribution in [0, 0.1) is 10.1 Å². The van der Waals surface area contributed by atoms with E-state index in [-0.39, 0.29) is 22.5 Å². The highest BCUT2D eigenvalue weighted by molar-refractivity contribution is 7.89. The van der Waals surface area contributed by atoms with Crippen LogP contribution in [0.2, 0.25) is 0 Å². The number of aromatic nitrogens is 3. The van der Waals surface area contributed by atoms with Gasteiger partial charge in [-0.05, 0) is 51.7 Å². The van der Waals surface area contributed by atoms with E-state index in [0.717, 1.165) is 56.4 Å². The number of nitrogens with zero attached hydrogens (tertiary/aromatic N) is 5. The van der Waals surface area contributed by atoms with Gasteiger partial charge in [0.1, 0.15) is 17.3 Å². The Morgan fingerprint density at radius 2 is 1.97 bits per heavy atom. The fourth-order valence-corrected chi connectivity index (χ4v) is 5.95. The molecule has 2 aliphatic heterocycles. The number of aryl methyl sites for hydroxylation is 1. The van der Waals surface area contributed by atoms with Crippen molar-refractivity contribution in [3.05, 3.63) is 40.0 Å². The molecule has 1 N–H and O–H groups in total. The summed E-state index contributed by atoms with van der Waals surface area (Å²) in [5, 5.41) is 20.7. The van der Waals surface area contributed by atoms with Crippen LogP contribution in [0.1, 0.15) is 63.5 Å². The molecule has 2 aromatic rings. The van der Waals surface area contributed by atoms with Gasteiger partial charge < -0.3 is 9.47 Å². The molecule has 3 heterocycles. The molecule has 1 aromatic carbocycles. The number of anilines is 1. The van der Waals surface area contributed by atoms with Crippen molar-refractivity contribution in [1.29, 1.82) is 0 Å². The molecule has 174 valence electrons. The fourth-order valence-electron chi connectivity index (χ4n) is 4.68. The Kier molecular flexibility index (Phi) is 6.47. The first-order valence-corrected chi connectivity index (χ1v) is 12.7. The molecule has 0 bridgehead atoms. The van der Waals surface area contributed by atoms with Gasteiger partial charge in [0, 0.05) is 44.1 Å². The first-order valence-electron chi connectivity index (χ1n) is 11.2. The van der Waals surface area contributed by atoms with E-state index in [0.29, 0.717) is 18.8 Å². The van der Waals surface area contributed by atoms with Gasteiger partial charge in [-0.3, -0.25) is 10.1 Å². The summed E-state index contributed by atoms with van der Waals surface area (Å²) < 4.78 is 29.7. The molecule has 1 fully saturated rings. The van der Waals surface area contributed by atoms with Crippen LogP contribution >= 0.6 is 0 Å². The SMILES string of the molecule is CC(C)NS(=O)(=O)c1ccc(N2CCC[C@@H](c3nnc4n3CCCCC4)C2)c([N+](=O)[O-])c1. The summed E-state index contributed by atoms with van der Waals surface area (Å²) in [6.45, 7) is 5.60. The van der Waals surface area contributed by atoms with Crippen molar-refractivity contribution in [2.24, 2.45) is 0 Å². The summed E-state index contributed by atoms with van der Waals surface area (Å²) >= 11 is 0. The number of hydrogen-bond acceptors (Lipinski definition) is 7. The summed E-state index contributed by atoms with van der Waals surface area (Å²) in [6, 6.07) is 3.85. The van der Waals surface area contributed by atoms with Crippen LogP contribution in [0.5, 0.6) is 0 Å². The quantitative estimate of drug-likeness (QED) is 0.517. The van der Waals surface area contributed by atoms with Crippen molar-refractivity contribution < 1.29 is 13.3 Å². The molecular weight excluding hydrogens is 432 g/mol. The summed E-state index contributed by atoms with van der Waals surface area (Å²) in [5.41, 5.74) is 0.246. The van der Waals surface area contributed by atoms with Gasteiger partial charge in [0.2, 0.25) is 10.0 Å². The Morgan fingerprint density at radius 1 is 1.16 bits per heavy atom. The predicted octanol–water partition coefficient (Wildman–Crippen LogP) is 2.98. The number of sulfonamides is 1. The molecule has 4 rings (SSSR count). The third kappa shape index (κ3) is 4.63. The topological polar surface area (TPSA) is 123 Å². The van der Waals surface area contributed by atoms with Gasteiger partial charge in [0.15, 0.2) is 0 Å². The van der Waals surface area contributed by atoms with Gasteiger partial charge in [-0.25, -0.2) is 13.1 Å². The van der Waals surface area contributed by atoms with Crippen LogP contribution in [0.15, 0.2) is 23.1 Å². The van der Waals surface area contributed by atoms with Crippen molar-refractivity contribution in [2.45, 2.75) is 75.8 Å². The second-order valence-electron chi connectivity index (χ2n) is 8.91. The van der Waals surface area contributed by atoms with Gasteiger partial charge in [0.25, 0.3) is 5.69 Å². The molecule has 1 atom stereocenters. The van der Waals surface area contributed by atoms with E-state index in [9.17, 15) is 18.5 Å². The number of fused-ring (bicyclic) bond motifs is 1. The molecule has 2 aliphatic rings. The average molecular weight is 463 g/mol. The third-order valence-electron chi connectivity index (χ3n) is 6.11. The largest absolute Gasteiger partial charge is 0.365 e. The standard InChI is InChI=1S/C21H30N6O4S/c1-15(2)24-32(30,31)17-9-10-18(19(13-17)27(28)29)25-11-6-7-16(14-25)21-23-22-20-8-4-3-5-12-26(20)21/h9-10,13,15-16,24H,3-8,11-12,14H2,1-2H3/t16-/m1/s1. The number of hydrogen-bond donors (Lipinski definition) is 1. The minimum atomic E-state index is -3.82. The lowest BCUT2D eigenvalue weighted by atomic mass is 9.96. The lowest BCUT2D eigenvalue weighted by Crippen LogP contribution is -2.36. The van der Waals surface area contributed by atoms with E-state index in [1.807, 2.05) is 4.90 Å². The monoisotopic (exact) mass is 462 g/mol. The van der Waals surface area contributed by atoms with Crippen LogP contribution in [0.3, 0.4) is 0 Å². The zero-order valence-electron chi connectivity index (χ0n) is 18.5. The molecule has 0 spiro atoms. The molecule has 1 aromatic heterocycles. The summed E-state index contributed by atoms with van der Waals surface area (Å²) in [7, 11) is -3.82. The number of nitro groups is 1. The Balaban J connectivity index is 1.62. The highest BCUT2D eigenvalue weighted by Crippen LogP contribution is 2.36. The van der Waals surface area contributed by atoms with Gasteiger partial charge in [-0.2, -0.15) is 0 Å². The van der Waals surface area contributed by atoms with Gasteiger partial charge in [0.05, 0.1) is 9.82 Å². The molecule has 1 saturated heterocycles. The summed E-state index contributed by atoms with van der Waals surface area (Å²) in [5.74, 6) is 2.14. The molecule has 0 unspecified atom stereocenters. The molecule has 32 heavy (non-hydrogen) atoms. The highest BCUT2D eigenvalue weighted by atomic mass is 32.2. The minimum absolute atomic E-state index is 0.0991. The Morgan fingerprint density at radius 3 is 2.72 bits per heavy atom. The molecule has 11 heteroatoms. The van der Waals surface area contributed by atoms with Crippen LogP contribution in [-0.4, -0.2) is 47.2 Å². The molecule has 0 amide bonds. The Labute approximate surface area is 188 Å². The first-order chi connectivity index (χ1) is 15.3. The van der Waals surface area contributed by atoms with Gasteiger partial charge in [-0.15, -0.1) is 10.2 Å². The van der Waals surface area contributed by atoms with E-state index in [1.165, 1.54) is 12.5 Å². The maximum atomic E-state index is 12.5. The highest BCUT2D eigenvalue weighted by Gasteiger charge is 2.31. The predicted molar refractivity (Wildman–Crippen MR) is 120 cm³/mol. The van der Waals surface area contributed by atoms with Crippen LogP contribution in [0.4, 0.5) is 11.4 Å². The van der Waals surface area contributed by atoms with E-state index in [4.69, 9.17) is 0 Å². The summed E-state index contributed by atoms with van der Waals surface area (Å²) in [4.78, 5) is 13.2.